The Morgan fingerprint density at radius 3 is 2.35 bits per heavy atom. The molecule has 0 bridgehead atoms. The van der Waals surface area contributed by atoms with Gasteiger partial charge < -0.3 is 10.5 Å². The van der Waals surface area contributed by atoms with E-state index in [1.54, 1.807) is 6.92 Å². The van der Waals surface area contributed by atoms with Crippen molar-refractivity contribution in [3.8, 4) is 0 Å². The standard InChI is InChI=1S/C14H20N4O5/c1-4-10(5-2)16-13-12(17(20)21)8-9(3)11(6-7-15-19)14(13)18(22)23/h7-8,10,16,19H,4-6H2,1-3H3. The van der Waals surface area contributed by atoms with Gasteiger partial charge in [0.2, 0.25) is 0 Å². The first-order valence-electron chi connectivity index (χ1n) is 7.24. The number of hydrogen-bond donors (Lipinski definition) is 2. The van der Waals surface area contributed by atoms with E-state index >= 15 is 0 Å². The fraction of sp³-hybridized carbons (Fsp3) is 0.500. The summed E-state index contributed by atoms with van der Waals surface area (Å²) < 4.78 is 0. The van der Waals surface area contributed by atoms with Crippen LogP contribution in [0, 0.1) is 27.2 Å². The topological polar surface area (TPSA) is 131 Å². The van der Waals surface area contributed by atoms with Crippen LogP contribution in [0.25, 0.3) is 0 Å². The number of nitro groups is 2. The highest BCUT2D eigenvalue weighted by atomic mass is 16.6. The first kappa shape index (κ1) is 18.3. The zero-order chi connectivity index (χ0) is 17.6. The van der Waals surface area contributed by atoms with Crippen molar-refractivity contribution in [2.75, 3.05) is 5.32 Å². The quantitative estimate of drug-likeness (QED) is 0.326. The molecule has 0 heterocycles. The van der Waals surface area contributed by atoms with Crippen LogP contribution in [0.2, 0.25) is 0 Å². The summed E-state index contributed by atoms with van der Waals surface area (Å²) in [5.74, 6) is 0. The molecular weight excluding hydrogens is 304 g/mol. The van der Waals surface area contributed by atoms with Crippen molar-refractivity contribution in [2.24, 2.45) is 5.16 Å². The number of benzene rings is 1. The molecule has 0 saturated heterocycles. The minimum absolute atomic E-state index is 0.00817. The second kappa shape index (κ2) is 8.06. The lowest BCUT2D eigenvalue weighted by molar-refractivity contribution is -0.392. The molecule has 0 atom stereocenters. The number of hydrogen-bond acceptors (Lipinski definition) is 7. The molecule has 0 spiro atoms. The summed E-state index contributed by atoms with van der Waals surface area (Å²) in [4.78, 5) is 21.6. The molecule has 0 aliphatic heterocycles. The molecule has 0 unspecified atom stereocenters. The van der Waals surface area contributed by atoms with Crippen molar-refractivity contribution in [2.45, 2.75) is 46.1 Å². The molecule has 2 N–H and O–H groups in total. The lowest BCUT2D eigenvalue weighted by Gasteiger charge is -2.18. The van der Waals surface area contributed by atoms with Gasteiger partial charge in [-0.3, -0.25) is 20.2 Å². The predicted octanol–water partition coefficient (Wildman–Crippen LogP) is 3.41. The molecule has 0 aliphatic carbocycles. The van der Waals surface area contributed by atoms with Crippen LogP contribution < -0.4 is 5.32 Å². The Morgan fingerprint density at radius 2 is 1.91 bits per heavy atom. The largest absolute Gasteiger partial charge is 0.411 e. The van der Waals surface area contributed by atoms with Gasteiger partial charge >= 0.3 is 5.69 Å². The lowest BCUT2D eigenvalue weighted by atomic mass is 10.00. The lowest BCUT2D eigenvalue weighted by Crippen LogP contribution is -2.19. The maximum Gasteiger partial charge on any atom is 0.303 e. The Labute approximate surface area is 133 Å². The summed E-state index contributed by atoms with van der Waals surface area (Å²) in [6, 6.07) is 1.19. The van der Waals surface area contributed by atoms with Crippen LogP contribution in [0.1, 0.15) is 37.8 Å². The normalized spacial score (nSPS) is 11.1. The molecule has 1 rings (SSSR count). The van der Waals surface area contributed by atoms with Gasteiger partial charge in [-0.05, 0) is 25.3 Å². The third kappa shape index (κ3) is 4.15. The van der Waals surface area contributed by atoms with Gasteiger partial charge in [0.05, 0.1) is 9.85 Å². The van der Waals surface area contributed by atoms with Gasteiger partial charge in [0.15, 0.2) is 5.69 Å². The molecule has 0 amide bonds. The molecule has 23 heavy (non-hydrogen) atoms. The molecule has 0 saturated carbocycles. The Bertz CT molecular complexity index is 626. The molecule has 9 heteroatoms. The first-order valence-corrected chi connectivity index (χ1v) is 7.24. The van der Waals surface area contributed by atoms with E-state index < -0.39 is 9.85 Å². The SMILES string of the molecule is CCC(CC)Nc1c([N+](=O)[O-])cc(C)c(CC=NO)c1[N+](=O)[O-]. The Balaban J connectivity index is 3.64. The number of nitrogens with one attached hydrogen (secondary N) is 1. The van der Waals surface area contributed by atoms with E-state index in [1.165, 1.54) is 6.07 Å². The van der Waals surface area contributed by atoms with Crippen LogP contribution in [-0.4, -0.2) is 27.3 Å². The second-order valence-electron chi connectivity index (χ2n) is 5.09. The fourth-order valence-electron chi connectivity index (χ4n) is 2.40. The highest BCUT2D eigenvalue weighted by Gasteiger charge is 2.31. The number of rotatable bonds is 8. The zero-order valence-corrected chi connectivity index (χ0v) is 13.3. The first-order chi connectivity index (χ1) is 10.9. The zero-order valence-electron chi connectivity index (χ0n) is 13.3. The van der Waals surface area contributed by atoms with Crippen molar-refractivity contribution in [1.82, 2.24) is 0 Å². The minimum atomic E-state index is -0.634. The molecule has 9 nitrogen and oxygen atoms in total. The maximum atomic E-state index is 11.5. The monoisotopic (exact) mass is 324 g/mol. The molecule has 126 valence electrons. The van der Waals surface area contributed by atoms with Gasteiger partial charge in [-0.1, -0.05) is 13.8 Å². The summed E-state index contributed by atoms with van der Waals surface area (Å²) in [6.45, 7) is 5.35. The predicted molar refractivity (Wildman–Crippen MR) is 86.5 cm³/mol. The van der Waals surface area contributed by atoms with Crippen molar-refractivity contribution in [3.05, 3.63) is 37.4 Å². The average Bonchev–Trinajstić information content (AvgIpc) is 2.50. The molecule has 0 aliphatic rings. The fourth-order valence-corrected chi connectivity index (χ4v) is 2.40. The summed E-state index contributed by atoms with van der Waals surface area (Å²) in [6.07, 6.45) is 2.47. The third-order valence-corrected chi connectivity index (χ3v) is 3.70. The van der Waals surface area contributed by atoms with E-state index in [1.807, 2.05) is 13.8 Å². The van der Waals surface area contributed by atoms with E-state index in [0.717, 1.165) is 6.21 Å². The summed E-state index contributed by atoms with van der Waals surface area (Å²) in [5.41, 5.74) is -0.0832. The number of oxime groups is 1. The number of nitrogens with zero attached hydrogens (tertiary/aromatic N) is 3. The van der Waals surface area contributed by atoms with Gasteiger partial charge in [0.1, 0.15) is 0 Å². The maximum absolute atomic E-state index is 11.5. The smallest absolute Gasteiger partial charge is 0.303 e. The van der Waals surface area contributed by atoms with Crippen molar-refractivity contribution in [1.29, 1.82) is 0 Å². The van der Waals surface area contributed by atoms with Crippen LogP contribution >= 0.6 is 0 Å². The highest BCUT2D eigenvalue weighted by molar-refractivity contribution is 5.80. The van der Waals surface area contributed by atoms with Gasteiger partial charge in [-0.25, -0.2) is 0 Å². The molecule has 0 aromatic heterocycles. The third-order valence-electron chi connectivity index (χ3n) is 3.70. The van der Waals surface area contributed by atoms with E-state index in [2.05, 4.69) is 10.5 Å². The van der Waals surface area contributed by atoms with E-state index in [9.17, 15) is 20.2 Å². The molecule has 0 radical (unpaired) electrons. The van der Waals surface area contributed by atoms with Crippen molar-refractivity contribution >= 4 is 23.3 Å². The van der Waals surface area contributed by atoms with Gasteiger partial charge in [0.25, 0.3) is 5.69 Å². The van der Waals surface area contributed by atoms with Crippen LogP contribution in [0.15, 0.2) is 11.2 Å². The average molecular weight is 324 g/mol. The van der Waals surface area contributed by atoms with E-state index in [-0.39, 0.29) is 35.1 Å². The number of nitro benzene ring substituents is 2. The van der Waals surface area contributed by atoms with Crippen LogP contribution in [0.5, 0.6) is 0 Å². The van der Waals surface area contributed by atoms with Crippen molar-refractivity contribution < 1.29 is 15.1 Å². The second-order valence-corrected chi connectivity index (χ2v) is 5.09. The molecular formula is C14H20N4O5. The molecule has 0 fully saturated rings. The van der Waals surface area contributed by atoms with Gasteiger partial charge in [0, 0.05) is 30.3 Å². The van der Waals surface area contributed by atoms with Gasteiger partial charge in [-0.2, -0.15) is 0 Å². The molecule has 1 aromatic rings. The molecule has 1 aromatic carbocycles. The number of aryl methyl sites for hydroxylation is 1. The van der Waals surface area contributed by atoms with E-state index in [0.29, 0.717) is 18.4 Å². The van der Waals surface area contributed by atoms with Crippen LogP contribution in [0.4, 0.5) is 17.1 Å². The van der Waals surface area contributed by atoms with Gasteiger partial charge in [-0.15, -0.1) is 5.16 Å². The summed E-state index contributed by atoms with van der Waals surface area (Å²) >= 11 is 0. The summed E-state index contributed by atoms with van der Waals surface area (Å²) in [5, 5.41) is 37.2. The Morgan fingerprint density at radius 1 is 1.30 bits per heavy atom. The van der Waals surface area contributed by atoms with Crippen LogP contribution in [-0.2, 0) is 6.42 Å². The van der Waals surface area contributed by atoms with Crippen molar-refractivity contribution in [3.63, 3.8) is 0 Å². The minimum Gasteiger partial charge on any atom is -0.411 e. The van der Waals surface area contributed by atoms with E-state index in [4.69, 9.17) is 5.21 Å². The Hall–Kier alpha value is -2.71. The van der Waals surface area contributed by atoms with Crippen LogP contribution in [0.3, 0.4) is 0 Å². The highest BCUT2D eigenvalue weighted by Crippen LogP contribution is 2.40. The Kier molecular flexibility index (Phi) is 6.43. The number of anilines is 1. The summed E-state index contributed by atoms with van der Waals surface area (Å²) in [7, 11) is 0.